The number of para-hydroxylation sites is 1. The quantitative estimate of drug-likeness (QED) is 0.758. The van der Waals surface area contributed by atoms with Crippen molar-refractivity contribution < 1.29 is 4.79 Å². The third kappa shape index (κ3) is 6.32. The van der Waals surface area contributed by atoms with E-state index in [0.29, 0.717) is 6.42 Å². The summed E-state index contributed by atoms with van der Waals surface area (Å²) in [5.74, 6) is 0.106. The number of aryl methyl sites for hydroxylation is 1. The number of hydrogen-bond acceptors (Lipinski definition) is 3. The molecule has 1 saturated heterocycles. The van der Waals surface area contributed by atoms with Gasteiger partial charge in [0.15, 0.2) is 0 Å². The molecule has 0 spiro atoms. The Hall–Kier alpha value is -2.43. The van der Waals surface area contributed by atoms with Crippen molar-refractivity contribution in [2.75, 3.05) is 44.6 Å². The number of piperazine rings is 1. The van der Waals surface area contributed by atoms with E-state index in [0.717, 1.165) is 51.4 Å². The van der Waals surface area contributed by atoms with Crippen molar-refractivity contribution in [2.24, 2.45) is 0 Å². The SMILES string of the molecule is CCc1ccccc1NC(=O)CCN1CCN(C/C=C/c2ccccc2)CC1. The summed E-state index contributed by atoms with van der Waals surface area (Å²) in [4.78, 5) is 17.2. The van der Waals surface area contributed by atoms with E-state index in [1.165, 1.54) is 11.1 Å². The third-order valence-corrected chi connectivity index (χ3v) is 5.27. The van der Waals surface area contributed by atoms with E-state index in [1.807, 2.05) is 24.3 Å². The van der Waals surface area contributed by atoms with Gasteiger partial charge in [0.2, 0.25) is 5.91 Å². The largest absolute Gasteiger partial charge is 0.326 e. The minimum absolute atomic E-state index is 0.106. The number of rotatable bonds is 8. The van der Waals surface area contributed by atoms with Gasteiger partial charge in [0.1, 0.15) is 0 Å². The number of hydrogen-bond donors (Lipinski definition) is 1. The van der Waals surface area contributed by atoms with Crippen molar-refractivity contribution in [1.29, 1.82) is 0 Å². The molecule has 0 aromatic heterocycles. The molecule has 148 valence electrons. The van der Waals surface area contributed by atoms with Gasteiger partial charge in [-0.1, -0.05) is 67.6 Å². The van der Waals surface area contributed by atoms with Crippen LogP contribution in [0, 0.1) is 0 Å². The second kappa shape index (κ2) is 10.8. The van der Waals surface area contributed by atoms with Crippen LogP contribution >= 0.6 is 0 Å². The molecule has 0 atom stereocenters. The Kier molecular flexibility index (Phi) is 7.82. The summed E-state index contributed by atoms with van der Waals surface area (Å²) in [6, 6.07) is 18.5. The number of benzene rings is 2. The zero-order chi connectivity index (χ0) is 19.6. The van der Waals surface area contributed by atoms with Crippen LogP contribution in [0.3, 0.4) is 0 Å². The molecule has 1 aliphatic heterocycles. The first-order valence-corrected chi connectivity index (χ1v) is 10.3. The Morgan fingerprint density at radius 2 is 1.64 bits per heavy atom. The highest BCUT2D eigenvalue weighted by atomic mass is 16.1. The van der Waals surface area contributed by atoms with Crippen LogP contribution in [0.1, 0.15) is 24.5 Å². The second-order valence-corrected chi connectivity index (χ2v) is 7.26. The van der Waals surface area contributed by atoms with Crippen molar-refractivity contribution in [1.82, 2.24) is 9.80 Å². The number of amides is 1. The maximum absolute atomic E-state index is 12.3. The summed E-state index contributed by atoms with van der Waals surface area (Å²) < 4.78 is 0. The minimum Gasteiger partial charge on any atom is -0.326 e. The van der Waals surface area contributed by atoms with E-state index in [9.17, 15) is 4.79 Å². The van der Waals surface area contributed by atoms with Crippen LogP contribution in [0.4, 0.5) is 5.69 Å². The first kappa shape index (κ1) is 20.3. The Balaban J connectivity index is 1.35. The second-order valence-electron chi connectivity index (χ2n) is 7.26. The number of nitrogens with one attached hydrogen (secondary N) is 1. The summed E-state index contributed by atoms with van der Waals surface area (Å²) in [6.45, 7) is 8.08. The van der Waals surface area contributed by atoms with Crippen LogP contribution in [0.2, 0.25) is 0 Å². The fraction of sp³-hybridized carbons (Fsp3) is 0.375. The monoisotopic (exact) mass is 377 g/mol. The Morgan fingerprint density at radius 1 is 0.964 bits per heavy atom. The summed E-state index contributed by atoms with van der Waals surface area (Å²) in [6.07, 6.45) is 5.90. The van der Waals surface area contributed by atoms with Crippen LogP contribution in [0.15, 0.2) is 60.7 Å². The zero-order valence-electron chi connectivity index (χ0n) is 16.8. The van der Waals surface area contributed by atoms with Gasteiger partial charge in [0.25, 0.3) is 0 Å². The molecule has 4 nitrogen and oxygen atoms in total. The van der Waals surface area contributed by atoms with E-state index in [2.05, 4.69) is 64.5 Å². The standard InChI is InChI=1S/C24H31N3O/c1-2-22-12-6-7-13-23(22)25-24(28)14-16-27-19-17-26(18-20-27)15-8-11-21-9-4-3-5-10-21/h3-13H,2,14-20H2,1H3,(H,25,28)/b11-8+. The van der Waals surface area contributed by atoms with Crippen LogP contribution in [-0.4, -0.2) is 55.0 Å². The average molecular weight is 378 g/mol. The zero-order valence-corrected chi connectivity index (χ0v) is 16.8. The topological polar surface area (TPSA) is 35.6 Å². The van der Waals surface area contributed by atoms with Gasteiger partial charge < -0.3 is 10.2 Å². The van der Waals surface area contributed by atoms with Gasteiger partial charge in [-0.3, -0.25) is 9.69 Å². The number of anilines is 1. The first-order chi connectivity index (χ1) is 13.7. The van der Waals surface area contributed by atoms with E-state index in [4.69, 9.17) is 0 Å². The predicted octanol–water partition coefficient (Wildman–Crippen LogP) is 3.91. The lowest BCUT2D eigenvalue weighted by molar-refractivity contribution is -0.116. The van der Waals surface area contributed by atoms with Gasteiger partial charge >= 0.3 is 0 Å². The lowest BCUT2D eigenvalue weighted by Crippen LogP contribution is -2.46. The molecular formula is C24H31N3O. The van der Waals surface area contributed by atoms with E-state index >= 15 is 0 Å². The summed E-state index contributed by atoms with van der Waals surface area (Å²) in [5.41, 5.74) is 3.38. The molecule has 0 unspecified atom stereocenters. The average Bonchev–Trinajstić information content (AvgIpc) is 2.74. The molecule has 1 fully saturated rings. The Bertz CT molecular complexity index is 764. The lowest BCUT2D eigenvalue weighted by atomic mass is 10.1. The normalized spacial score (nSPS) is 15.8. The molecule has 4 heteroatoms. The highest BCUT2D eigenvalue weighted by Crippen LogP contribution is 2.15. The van der Waals surface area contributed by atoms with Gasteiger partial charge in [0, 0.05) is 51.4 Å². The Labute approximate surface area is 168 Å². The van der Waals surface area contributed by atoms with Gasteiger partial charge in [-0.05, 0) is 23.6 Å². The number of carbonyl (C=O) groups is 1. The molecule has 28 heavy (non-hydrogen) atoms. The molecule has 0 aliphatic carbocycles. The van der Waals surface area contributed by atoms with E-state index in [1.54, 1.807) is 0 Å². The van der Waals surface area contributed by atoms with Gasteiger partial charge in [-0.2, -0.15) is 0 Å². The van der Waals surface area contributed by atoms with Crippen LogP contribution < -0.4 is 5.32 Å². The van der Waals surface area contributed by atoms with Crippen molar-refractivity contribution in [3.63, 3.8) is 0 Å². The first-order valence-electron chi connectivity index (χ1n) is 10.3. The molecule has 2 aromatic rings. The highest BCUT2D eigenvalue weighted by Gasteiger charge is 2.16. The molecule has 1 aliphatic rings. The van der Waals surface area contributed by atoms with E-state index in [-0.39, 0.29) is 5.91 Å². The molecular weight excluding hydrogens is 346 g/mol. The maximum Gasteiger partial charge on any atom is 0.225 e. The minimum atomic E-state index is 0.106. The molecule has 3 rings (SSSR count). The molecule has 2 aromatic carbocycles. The molecule has 1 heterocycles. The fourth-order valence-corrected chi connectivity index (χ4v) is 3.52. The molecule has 0 radical (unpaired) electrons. The molecule has 1 amide bonds. The summed E-state index contributed by atoms with van der Waals surface area (Å²) in [7, 11) is 0. The van der Waals surface area contributed by atoms with Crippen molar-refractivity contribution in [3.05, 3.63) is 71.8 Å². The molecule has 0 bridgehead atoms. The van der Waals surface area contributed by atoms with Gasteiger partial charge in [0.05, 0.1) is 0 Å². The smallest absolute Gasteiger partial charge is 0.225 e. The Morgan fingerprint density at radius 3 is 2.39 bits per heavy atom. The van der Waals surface area contributed by atoms with Gasteiger partial charge in [-0.15, -0.1) is 0 Å². The predicted molar refractivity (Wildman–Crippen MR) is 117 cm³/mol. The fourth-order valence-electron chi connectivity index (χ4n) is 3.52. The molecule has 0 saturated carbocycles. The number of nitrogens with zero attached hydrogens (tertiary/aromatic N) is 2. The van der Waals surface area contributed by atoms with Crippen LogP contribution in [0.5, 0.6) is 0 Å². The van der Waals surface area contributed by atoms with Crippen LogP contribution in [0.25, 0.3) is 6.08 Å². The van der Waals surface area contributed by atoms with Crippen molar-refractivity contribution >= 4 is 17.7 Å². The maximum atomic E-state index is 12.3. The van der Waals surface area contributed by atoms with E-state index < -0.39 is 0 Å². The van der Waals surface area contributed by atoms with Crippen LogP contribution in [-0.2, 0) is 11.2 Å². The number of carbonyl (C=O) groups excluding carboxylic acids is 1. The van der Waals surface area contributed by atoms with Crippen molar-refractivity contribution in [3.8, 4) is 0 Å². The highest BCUT2D eigenvalue weighted by molar-refractivity contribution is 5.91. The summed E-state index contributed by atoms with van der Waals surface area (Å²) in [5, 5.41) is 3.07. The summed E-state index contributed by atoms with van der Waals surface area (Å²) >= 11 is 0. The van der Waals surface area contributed by atoms with Crippen molar-refractivity contribution in [2.45, 2.75) is 19.8 Å². The lowest BCUT2D eigenvalue weighted by Gasteiger charge is -2.34. The van der Waals surface area contributed by atoms with Gasteiger partial charge in [-0.25, -0.2) is 0 Å². The molecule has 1 N–H and O–H groups in total. The third-order valence-electron chi connectivity index (χ3n) is 5.27.